The van der Waals surface area contributed by atoms with Crippen LogP contribution in [-0.2, 0) is 5.41 Å². The quantitative estimate of drug-likeness (QED) is 0.168. The lowest BCUT2D eigenvalue weighted by molar-refractivity contribution is 0.483. The lowest BCUT2D eigenvalue weighted by Crippen LogP contribution is -2.25. The molecule has 0 bridgehead atoms. The van der Waals surface area contributed by atoms with Crippen LogP contribution in [0.5, 0.6) is 11.5 Å². The fourth-order valence-electron chi connectivity index (χ4n) is 8.70. The molecule has 0 saturated carbocycles. The number of ether oxygens (including phenoxy) is 1. The molecule has 292 valence electrons. The lowest BCUT2D eigenvalue weighted by Gasteiger charge is -2.24. The average molecular weight is 805 g/mol. The average Bonchev–Trinajstić information content (AvgIpc) is 3.93. The highest BCUT2D eigenvalue weighted by Gasteiger charge is 2.33. The van der Waals surface area contributed by atoms with Gasteiger partial charge in [0.2, 0.25) is 0 Å². The molecule has 7 aromatic carbocycles. The number of hydrogen-bond acceptors (Lipinski definition) is 5. The van der Waals surface area contributed by atoms with E-state index in [1.54, 1.807) is 16.2 Å². The molecule has 1 aliphatic heterocycles. The number of aromatic nitrogens is 2. The van der Waals surface area contributed by atoms with Crippen molar-refractivity contribution in [3.8, 4) is 28.4 Å². The van der Waals surface area contributed by atoms with E-state index in [0.29, 0.717) is 11.5 Å². The van der Waals surface area contributed by atoms with Crippen LogP contribution in [0, 0.1) is 11.6 Å². The summed E-state index contributed by atoms with van der Waals surface area (Å²) in [5, 5.41) is 4.63. The molecule has 0 amide bonds. The number of halogens is 2. The van der Waals surface area contributed by atoms with Gasteiger partial charge in [-0.2, -0.15) is 0 Å². The highest BCUT2D eigenvalue weighted by Crippen LogP contribution is 2.49. The normalized spacial score (nSPS) is 12.9. The van der Waals surface area contributed by atoms with Crippen LogP contribution < -0.4 is 14.5 Å². The summed E-state index contributed by atoms with van der Waals surface area (Å²) in [6.07, 6.45) is 1.81. The van der Waals surface area contributed by atoms with Gasteiger partial charge in [-0.15, -0.1) is 11.3 Å². The van der Waals surface area contributed by atoms with Crippen molar-refractivity contribution in [2.24, 2.45) is 0 Å². The van der Waals surface area contributed by atoms with Crippen LogP contribution in [0.1, 0.15) is 26.3 Å². The number of anilines is 4. The van der Waals surface area contributed by atoms with Gasteiger partial charge in [-0.3, -0.25) is 4.57 Å². The first-order chi connectivity index (χ1) is 29.2. The van der Waals surface area contributed by atoms with Crippen LogP contribution in [0.2, 0.25) is 0 Å². The van der Waals surface area contributed by atoms with Crippen LogP contribution in [0.15, 0.2) is 164 Å². The second-order valence-corrected chi connectivity index (χ2v) is 17.4. The maximum atomic E-state index is 15.7. The summed E-state index contributed by atoms with van der Waals surface area (Å²) in [5.41, 5.74) is 7.28. The van der Waals surface area contributed by atoms with Gasteiger partial charge in [0, 0.05) is 55.0 Å². The molecule has 0 unspecified atom stereocenters. The molecular formula is C52H38F2N4OS. The Bertz CT molecular complexity index is 3290. The number of fused-ring (bicyclic) bond motifs is 7. The van der Waals surface area contributed by atoms with Gasteiger partial charge in [0.05, 0.1) is 22.4 Å². The predicted molar refractivity (Wildman–Crippen MR) is 244 cm³/mol. The first-order valence-corrected chi connectivity index (χ1v) is 20.8. The molecule has 0 spiro atoms. The standard InChI is InChI=1S/C52H38F2N4OS/c1-52(2,3)33-21-24-45-47(28-33)57(50-42(53)16-11-17-43(50)54)31-56(45)34-26-32(37-14-10-15-41-40-13-5-7-19-48(40)60-51(37)41)27-36(29-34)59-35-22-23-39-38-12-4-6-18-44(38)58(46(39)30-35)49-20-8-9-25-55-49/h4-30H,31H2,1-3H3. The smallest absolute Gasteiger partial charge is 0.149 e. The molecule has 0 atom stereocenters. The van der Waals surface area contributed by atoms with Gasteiger partial charge < -0.3 is 14.5 Å². The van der Waals surface area contributed by atoms with Crippen molar-refractivity contribution in [1.29, 1.82) is 0 Å². The van der Waals surface area contributed by atoms with E-state index in [4.69, 9.17) is 9.72 Å². The van der Waals surface area contributed by atoms with E-state index >= 15 is 8.78 Å². The predicted octanol–water partition coefficient (Wildman–Crippen LogP) is 14.8. The second-order valence-electron chi connectivity index (χ2n) is 16.3. The Morgan fingerprint density at radius 2 is 1.35 bits per heavy atom. The number of benzene rings is 7. The number of nitrogens with zero attached hydrogens (tertiary/aromatic N) is 4. The van der Waals surface area contributed by atoms with E-state index in [0.717, 1.165) is 61.4 Å². The molecule has 3 aromatic heterocycles. The molecule has 0 fully saturated rings. The molecular weight excluding hydrogens is 767 g/mol. The van der Waals surface area contributed by atoms with Gasteiger partial charge in [0.25, 0.3) is 0 Å². The van der Waals surface area contributed by atoms with Crippen molar-refractivity contribution in [2.75, 3.05) is 16.5 Å². The monoisotopic (exact) mass is 804 g/mol. The van der Waals surface area contributed by atoms with E-state index in [1.807, 2.05) is 42.6 Å². The van der Waals surface area contributed by atoms with Crippen molar-refractivity contribution in [2.45, 2.75) is 26.2 Å². The number of rotatable bonds is 6. The summed E-state index contributed by atoms with van der Waals surface area (Å²) in [6, 6.07) is 52.0. The maximum Gasteiger partial charge on any atom is 0.149 e. The largest absolute Gasteiger partial charge is 0.457 e. The van der Waals surface area contributed by atoms with Crippen molar-refractivity contribution >= 4 is 76.1 Å². The van der Waals surface area contributed by atoms with E-state index in [1.165, 1.54) is 38.4 Å². The third kappa shape index (κ3) is 5.89. The second kappa shape index (κ2) is 13.8. The Kier molecular flexibility index (Phi) is 8.29. The zero-order valence-corrected chi connectivity index (χ0v) is 34.0. The van der Waals surface area contributed by atoms with Crippen molar-refractivity contribution in [1.82, 2.24) is 9.55 Å². The van der Waals surface area contributed by atoms with Crippen molar-refractivity contribution < 1.29 is 13.5 Å². The van der Waals surface area contributed by atoms with E-state index < -0.39 is 11.6 Å². The highest BCUT2D eigenvalue weighted by atomic mass is 32.1. The van der Waals surface area contributed by atoms with E-state index in [2.05, 4.69) is 133 Å². The number of para-hydroxylation sites is 2. The molecule has 4 heterocycles. The van der Waals surface area contributed by atoms with Gasteiger partial charge >= 0.3 is 0 Å². The fraction of sp³-hybridized carbons (Fsp3) is 0.0962. The maximum absolute atomic E-state index is 15.7. The number of thiophene rings is 1. The zero-order chi connectivity index (χ0) is 40.7. The van der Waals surface area contributed by atoms with Crippen LogP contribution in [0.4, 0.5) is 31.5 Å². The summed E-state index contributed by atoms with van der Waals surface area (Å²) in [6.45, 7) is 6.62. The van der Waals surface area contributed by atoms with Crippen molar-refractivity contribution in [3.05, 3.63) is 181 Å². The van der Waals surface area contributed by atoms with E-state index in [9.17, 15) is 0 Å². The molecule has 0 N–H and O–H groups in total. The number of pyridine rings is 1. The number of hydrogen-bond donors (Lipinski definition) is 0. The fourth-order valence-corrected chi connectivity index (χ4v) is 9.94. The van der Waals surface area contributed by atoms with E-state index in [-0.39, 0.29) is 17.8 Å². The third-order valence-corrected chi connectivity index (χ3v) is 12.8. The molecule has 5 nitrogen and oxygen atoms in total. The summed E-state index contributed by atoms with van der Waals surface area (Å²) in [7, 11) is 0. The van der Waals surface area contributed by atoms with Crippen molar-refractivity contribution in [3.63, 3.8) is 0 Å². The highest BCUT2D eigenvalue weighted by molar-refractivity contribution is 7.26. The molecule has 1 aliphatic rings. The molecule has 0 radical (unpaired) electrons. The zero-order valence-electron chi connectivity index (χ0n) is 33.2. The molecule has 60 heavy (non-hydrogen) atoms. The van der Waals surface area contributed by atoms with Gasteiger partial charge in [0.1, 0.15) is 41.3 Å². The van der Waals surface area contributed by atoms with Gasteiger partial charge in [-0.25, -0.2) is 13.8 Å². The molecule has 0 aliphatic carbocycles. The van der Waals surface area contributed by atoms with Gasteiger partial charge in [0.15, 0.2) is 0 Å². The third-order valence-electron chi connectivity index (χ3n) is 11.6. The Labute approximate surface area is 350 Å². The van der Waals surface area contributed by atoms with Crippen LogP contribution in [0.25, 0.3) is 58.9 Å². The Hall–Kier alpha value is -7.03. The minimum atomic E-state index is -0.614. The van der Waals surface area contributed by atoms with Crippen LogP contribution in [-0.4, -0.2) is 16.2 Å². The SMILES string of the molecule is CC(C)(C)c1ccc2c(c1)N(c1c(F)cccc1F)CN2c1cc(Oc2ccc3c4ccccc4n(-c4ccccn4)c3c2)cc(-c2cccc3c2sc2ccccc23)c1. The Balaban J connectivity index is 1.10. The van der Waals surface area contributed by atoms with Gasteiger partial charge in [-0.1, -0.05) is 93.6 Å². The van der Waals surface area contributed by atoms with Crippen LogP contribution >= 0.6 is 11.3 Å². The molecule has 8 heteroatoms. The lowest BCUT2D eigenvalue weighted by atomic mass is 9.86. The summed E-state index contributed by atoms with van der Waals surface area (Å²) in [4.78, 5) is 8.59. The summed E-state index contributed by atoms with van der Waals surface area (Å²) in [5.74, 6) is 0.884. The van der Waals surface area contributed by atoms with Crippen LogP contribution in [0.3, 0.4) is 0 Å². The minimum absolute atomic E-state index is 0.0772. The summed E-state index contributed by atoms with van der Waals surface area (Å²) >= 11 is 1.77. The Morgan fingerprint density at radius 1 is 0.600 bits per heavy atom. The minimum Gasteiger partial charge on any atom is -0.457 e. The first kappa shape index (κ1) is 36.1. The Morgan fingerprint density at radius 3 is 2.17 bits per heavy atom. The topological polar surface area (TPSA) is 33.5 Å². The molecule has 0 saturated heterocycles. The van der Waals surface area contributed by atoms with Gasteiger partial charge in [-0.05, 0) is 94.9 Å². The summed E-state index contributed by atoms with van der Waals surface area (Å²) < 4.78 is 42.8. The molecule has 11 rings (SSSR count). The molecule has 10 aromatic rings. The first-order valence-electron chi connectivity index (χ1n) is 20.0.